The van der Waals surface area contributed by atoms with Crippen molar-refractivity contribution in [2.24, 2.45) is 23.7 Å². The maximum atomic E-state index is 15.0. The number of esters is 1. The molecule has 0 spiro atoms. The largest absolute Gasteiger partial charge is 0.459 e. The van der Waals surface area contributed by atoms with E-state index in [2.05, 4.69) is 10.3 Å². The third-order valence-electron chi connectivity index (χ3n) is 11.8. The maximum Gasteiger partial charge on any atom is 0.408 e. The third-order valence-corrected chi connectivity index (χ3v) is 11.8. The average Bonchev–Trinajstić information content (AvgIpc) is 3.76. The number of carbonyl (C=O) groups excluding carboxylic acids is 3. The normalized spacial score (nSPS) is 27.6. The maximum absolute atomic E-state index is 15.0. The first-order valence-corrected chi connectivity index (χ1v) is 18.5. The van der Waals surface area contributed by atoms with Gasteiger partial charge in [-0.2, -0.15) is 0 Å². The third kappa shape index (κ3) is 7.13. The number of hydrogen-bond donors (Lipinski definition) is 2. The number of H-pyrrole nitrogens is 1. The lowest BCUT2D eigenvalue weighted by atomic mass is 9.55. The topological polar surface area (TPSA) is 110 Å². The number of nitrogens with one attached hydrogen (secondary N) is 2. The van der Waals surface area contributed by atoms with Crippen molar-refractivity contribution in [3.8, 4) is 0 Å². The molecule has 2 amide bonds. The first-order chi connectivity index (χ1) is 24.8. The number of hydrogen-bond acceptors (Lipinski definition) is 6. The highest BCUT2D eigenvalue weighted by Gasteiger charge is 2.52. The van der Waals surface area contributed by atoms with Crippen LogP contribution in [-0.2, 0) is 43.4 Å². The number of nitrogens with zero attached hydrogens (tertiary/aromatic N) is 1. The first-order valence-electron chi connectivity index (χ1n) is 18.5. The van der Waals surface area contributed by atoms with E-state index in [1.807, 2.05) is 91.1 Å². The summed E-state index contributed by atoms with van der Waals surface area (Å²) in [6.45, 7) is 2.38. The first kappa shape index (κ1) is 33.5. The Bertz CT molecular complexity index is 1830. The quantitative estimate of drug-likeness (QED) is 0.165. The number of amides is 2. The molecule has 3 aromatic carbocycles. The van der Waals surface area contributed by atoms with Gasteiger partial charge in [-0.1, -0.05) is 78.9 Å². The highest BCUT2D eigenvalue weighted by Crippen LogP contribution is 2.54. The number of aromatic nitrogens is 1. The number of likely N-dealkylation sites (tertiary alicyclic amines) is 1. The number of benzene rings is 3. The van der Waals surface area contributed by atoms with Crippen LogP contribution in [0.2, 0.25) is 0 Å². The summed E-state index contributed by atoms with van der Waals surface area (Å²) in [6, 6.07) is 26.4. The minimum atomic E-state index is -1.43. The fraction of sp³-hybridized carbons (Fsp3) is 0.452. The molecule has 9 nitrogen and oxygen atoms in total. The van der Waals surface area contributed by atoms with Gasteiger partial charge in [-0.25, -0.2) is 9.59 Å². The predicted octanol–water partition coefficient (Wildman–Crippen LogP) is 6.95. The number of ether oxygens (including phenoxy) is 3. The lowest BCUT2D eigenvalue weighted by molar-refractivity contribution is -0.156. The van der Waals surface area contributed by atoms with Crippen LogP contribution in [0.25, 0.3) is 10.9 Å². The van der Waals surface area contributed by atoms with Crippen molar-refractivity contribution in [1.82, 2.24) is 15.2 Å². The summed E-state index contributed by atoms with van der Waals surface area (Å²) in [5.41, 5.74) is 2.26. The molecular weight excluding hydrogens is 642 g/mol. The van der Waals surface area contributed by atoms with E-state index in [9.17, 15) is 14.4 Å². The Kier molecular flexibility index (Phi) is 9.32. The van der Waals surface area contributed by atoms with Gasteiger partial charge in [0.25, 0.3) is 0 Å². The minimum absolute atomic E-state index is 0.0936. The molecule has 9 heteroatoms. The van der Waals surface area contributed by atoms with E-state index >= 15 is 0 Å². The van der Waals surface area contributed by atoms with Crippen LogP contribution in [0.15, 0.2) is 91.1 Å². The van der Waals surface area contributed by atoms with Gasteiger partial charge in [0.05, 0.1) is 12.7 Å². The summed E-state index contributed by atoms with van der Waals surface area (Å²) in [5, 5.41) is 4.03. The molecule has 4 aromatic rings. The van der Waals surface area contributed by atoms with Gasteiger partial charge in [0.1, 0.15) is 24.3 Å². The predicted molar refractivity (Wildman–Crippen MR) is 192 cm³/mol. The standard InChI is InChI=1S/C42H47N3O6/c1-42(22-33-23-43-36-15-9-8-14-35(33)36,44-41(48)51-38-31-17-29-16-30(19-31)20-32(38)18-29)40(47)45-24-34(49-25-27-10-4-2-5-11-27)21-37(45)39(46)50-26-28-12-6-3-7-13-28/h2-15,23,29-32,34,37-38,43H,16-22,24-26H2,1H3,(H,44,48)/t29?,30?,31?,32?,34-,37-,38?,42-/m1/s1. The van der Waals surface area contributed by atoms with Gasteiger partial charge in [0, 0.05) is 36.5 Å². The second-order valence-electron chi connectivity index (χ2n) is 15.5. The van der Waals surface area contributed by atoms with Crippen molar-refractivity contribution in [2.45, 2.75) is 88.9 Å². The zero-order valence-corrected chi connectivity index (χ0v) is 29.2. The van der Waals surface area contributed by atoms with Crippen molar-refractivity contribution >= 4 is 28.9 Å². The van der Waals surface area contributed by atoms with E-state index in [-0.39, 0.29) is 38.0 Å². The molecular formula is C42H47N3O6. The fourth-order valence-electron chi connectivity index (χ4n) is 9.57. The van der Waals surface area contributed by atoms with Crippen LogP contribution in [0.4, 0.5) is 4.79 Å². The van der Waals surface area contributed by atoms with Crippen molar-refractivity contribution in [1.29, 1.82) is 0 Å². The summed E-state index contributed by atoms with van der Waals surface area (Å²) in [6.07, 6.45) is 7.02. The summed E-state index contributed by atoms with van der Waals surface area (Å²) < 4.78 is 18.4. The van der Waals surface area contributed by atoms with Crippen LogP contribution in [0.1, 0.15) is 62.1 Å². The Morgan fingerprint density at radius 2 is 1.43 bits per heavy atom. The molecule has 4 aliphatic carbocycles. The summed E-state index contributed by atoms with van der Waals surface area (Å²) in [7, 11) is 0. The van der Waals surface area contributed by atoms with E-state index in [4.69, 9.17) is 14.2 Å². The second-order valence-corrected chi connectivity index (χ2v) is 15.5. The lowest BCUT2D eigenvalue weighted by Gasteiger charge is -2.53. The monoisotopic (exact) mass is 689 g/mol. The molecule has 4 bridgehead atoms. The lowest BCUT2D eigenvalue weighted by Crippen LogP contribution is -2.62. The van der Waals surface area contributed by atoms with E-state index < -0.39 is 29.7 Å². The smallest absolute Gasteiger partial charge is 0.408 e. The molecule has 1 aromatic heterocycles. The van der Waals surface area contributed by atoms with E-state index in [1.165, 1.54) is 6.42 Å². The van der Waals surface area contributed by atoms with Crippen molar-refractivity contribution in [3.63, 3.8) is 0 Å². The van der Waals surface area contributed by atoms with Crippen LogP contribution in [0.5, 0.6) is 0 Å². The van der Waals surface area contributed by atoms with Gasteiger partial charge >= 0.3 is 12.1 Å². The summed E-state index contributed by atoms with van der Waals surface area (Å²) in [5.74, 6) is 1.38. The number of aromatic amines is 1. The van der Waals surface area contributed by atoms with Crippen LogP contribution < -0.4 is 5.32 Å². The molecule has 0 unspecified atom stereocenters. The molecule has 1 aliphatic heterocycles. The van der Waals surface area contributed by atoms with Gasteiger partial charge in [-0.15, -0.1) is 0 Å². The molecule has 2 heterocycles. The summed E-state index contributed by atoms with van der Waals surface area (Å²) in [4.78, 5) is 47.6. The van der Waals surface area contributed by atoms with Gasteiger partial charge < -0.3 is 29.4 Å². The van der Waals surface area contributed by atoms with Gasteiger partial charge in [0.15, 0.2) is 0 Å². The Labute approximate surface area is 299 Å². The molecule has 51 heavy (non-hydrogen) atoms. The molecule has 4 saturated carbocycles. The molecule has 0 radical (unpaired) electrons. The molecule has 9 rings (SSSR count). The zero-order valence-electron chi connectivity index (χ0n) is 29.2. The van der Waals surface area contributed by atoms with Crippen LogP contribution in [-0.4, -0.2) is 58.2 Å². The van der Waals surface area contributed by atoms with Crippen LogP contribution >= 0.6 is 0 Å². The van der Waals surface area contributed by atoms with Crippen LogP contribution in [0.3, 0.4) is 0 Å². The molecule has 2 N–H and O–H groups in total. The van der Waals surface area contributed by atoms with Crippen molar-refractivity contribution in [3.05, 3.63) is 108 Å². The number of alkyl carbamates (subject to hydrolysis) is 1. The van der Waals surface area contributed by atoms with E-state index in [0.29, 0.717) is 18.4 Å². The highest BCUT2D eigenvalue weighted by atomic mass is 16.6. The van der Waals surface area contributed by atoms with E-state index in [0.717, 1.165) is 65.1 Å². The Morgan fingerprint density at radius 3 is 2.12 bits per heavy atom. The Hall–Kier alpha value is -4.63. The summed E-state index contributed by atoms with van der Waals surface area (Å²) >= 11 is 0. The zero-order chi connectivity index (χ0) is 35.0. The Balaban J connectivity index is 1.05. The SMILES string of the molecule is C[C@](Cc1c[nH]c2ccccc12)(NC(=O)OC1C2CC3CC(C2)CC1C3)C(=O)N1C[C@H](OCc2ccccc2)C[C@@H]1C(=O)OCc1ccccc1. The Morgan fingerprint density at radius 1 is 0.804 bits per heavy atom. The molecule has 1 saturated heterocycles. The van der Waals surface area contributed by atoms with Gasteiger partial charge in [-0.05, 0) is 85.5 Å². The fourth-order valence-corrected chi connectivity index (χ4v) is 9.57. The van der Waals surface area contributed by atoms with E-state index in [1.54, 1.807) is 11.8 Å². The molecule has 266 valence electrons. The number of para-hydroxylation sites is 1. The number of fused-ring (bicyclic) bond motifs is 1. The number of carbonyl (C=O) groups is 3. The van der Waals surface area contributed by atoms with Crippen LogP contribution in [0, 0.1) is 23.7 Å². The number of rotatable bonds is 11. The average molecular weight is 690 g/mol. The highest BCUT2D eigenvalue weighted by molar-refractivity contribution is 5.94. The van der Waals surface area contributed by atoms with Gasteiger partial charge in [0.2, 0.25) is 5.91 Å². The molecule has 5 fully saturated rings. The molecule has 3 atom stereocenters. The van der Waals surface area contributed by atoms with Crippen molar-refractivity contribution in [2.75, 3.05) is 6.54 Å². The molecule has 5 aliphatic rings. The van der Waals surface area contributed by atoms with Crippen molar-refractivity contribution < 1.29 is 28.6 Å². The minimum Gasteiger partial charge on any atom is -0.459 e. The van der Waals surface area contributed by atoms with Gasteiger partial charge in [-0.3, -0.25) is 4.79 Å². The second kappa shape index (κ2) is 14.2.